The van der Waals surface area contributed by atoms with Crippen molar-refractivity contribution in [1.29, 1.82) is 0 Å². The molecule has 0 aliphatic carbocycles. The van der Waals surface area contributed by atoms with Gasteiger partial charge < -0.3 is 15.2 Å². The molecule has 10 heteroatoms. The van der Waals surface area contributed by atoms with Gasteiger partial charge in [0.05, 0.1) is 17.5 Å². The topological polar surface area (TPSA) is 73.9 Å². The van der Waals surface area contributed by atoms with E-state index in [1.165, 1.54) is 6.33 Å². The van der Waals surface area contributed by atoms with Crippen LogP contribution in [-0.2, 0) is 11.0 Å². The number of piperidine rings is 1. The van der Waals surface area contributed by atoms with E-state index >= 15 is 0 Å². The van der Waals surface area contributed by atoms with Crippen LogP contribution >= 0.6 is 0 Å². The lowest BCUT2D eigenvalue weighted by Gasteiger charge is -2.33. The standard InChI is InChI=1S/C21H21F4N5O/c22-15-7-14(21(23,24)25)8-16(9-15)27-10-17(31)6-13-2-1-5-30(11-13)20-18-3-4-26-19(18)28-12-29-20/h3-4,7-9,12-13,27H,1-2,5-6,10-11H2,(H,26,28,29). The lowest BCUT2D eigenvalue weighted by molar-refractivity contribution is -0.137. The molecule has 1 atom stereocenters. The van der Waals surface area contributed by atoms with Crippen LogP contribution in [0.3, 0.4) is 0 Å². The Kier molecular flexibility index (Phi) is 5.79. The van der Waals surface area contributed by atoms with E-state index in [0.717, 1.165) is 48.4 Å². The first kappa shape index (κ1) is 21.1. The predicted molar refractivity (Wildman–Crippen MR) is 108 cm³/mol. The number of Topliss-reactive ketones (excluding diaryl/α,β-unsaturated/α-hetero) is 1. The van der Waals surface area contributed by atoms with Gasteiger partial charge in [-0.05, 0) is 43.0 Å². The number of aromatic nitrogens is 3. The molecule has 1 aliphatic heterocycles. The number of H-pyrrole nitrogens is 1. The SMILES string of the molecule is O=C(CNc1cc(F)cc(C(F)(F)F)c1)CC1CCCN(c2ncnc3[nH]ccc23)C1. The van der Waals surface area contributed by atoms with Crippen LogP contribution in [0, 0.1) is 11.7 Å². The number of halogens is 4. The van der Waals surface area contributed by atoms with Crippen molar-refractivity contribution in [3.8, 4) is 0 Å². The number of benzene rings is 1. The maximum absolute atomic E-state index is 13.5. The second kappa shape index (κ2) is 8.52. The number of aromatic amines is 1. The fourth-order valence-electron chi connectivity index (χ4n) is 3.98. The molecule has 1 fully saturated rings. The van der Waals surface area contributed by atoms with Crippen LogP contribution in [0.1, 0.15) is 24.8 Å². The van der Waals surface area contributed by atoms with E-state index in [2.05, 4.69) is 25.2 Å². The van der Waals surface area contributed by atoms with Crippen molar-refractivity contribution >= 4 is 28.3 Å². The number of alkyl halides is 3. The van der Waals surface area contributed by atoms with Crippen LogP contribution < -0.4 is 10.2 Å². The zero-order valence-corrected chi connectivity index (χ0v) is 16.5. The van der Waals surface area contributed by atoms with Crippen LogP contribution in [0.4, 0.5) is 29.1 Å². The molecule has 31 heavy (non-hydrogen) atoms. The molecule has 2 aromatic heterocycles. The van der Waals surface area contributed by atoms with Crippen molar-refractivity contribution in [1.82, 2.24) is 15.0 Å². The molecule has 3 aromatic rings. The molecule has 2 N–H and O–H groups in total. The van der Waals surface area contributed by atoms with Crippen molar-refractivity contribution in [3.63, 3.8) is 0 Å². The summed E-state index contributed by atoms with van der Waals surface area (Å²) in [6, 6.07) is 4.09. The number of fused-ring (bicyclic) bond motifs is 1. The maximum atomic E-state index is 13.5. The number of hydrogen-bond donors (Lipinski definition) is 2. The zero-order valence-electron chi connectivity index (χ0n) is 16.5. The summed E-state index contributed by atoms with van der Waals surface area (Å²) in [6.07, 6.45) is 0.714. The highest BCUT2D eigenvalue weighted by Gasteiger charge is 2.31. The Morgan fingerprint density at radius 3 is 2.90 bits per heavy atom. The fraction of sp³-hybridized carbons (Fsp3) is 0.381. The van der Waals surface area contributed by atoms with Crippen LogP contribution in [0.5, 0.6) is 0 Å². The molecule has 6 nitrogen and oxygen atoms in total. The molecule has 0 amide bonds. The summed E-state index contributed by atoms with van der Waals surface area (Å²) in [5.74, 6) is -0.223. The highest BCUT2D eigenvalue weighted by atomic mass is 19.4. The predicted octanol–water partition coefficient (Wildman–Crippen LogP) is 4.40. The number of nitrogens with zero attached hydrogens (tertiary/aromatic N) is 3. The lowest BCUT2D eigenvalue weighted by Crippen LogP contribution is -2.37. The molecular weight excluding hydrogens is 414 g/mol. The first-order valence-electron chi connectivity index (χ1n) is 9.96. The van der Waals surface area contributed by atoms with Crippen molar-refractivity contribution < 1.29 is 22.4 Å². The first-order chi connectivity index (χ1) is 14.8. The summed E-state index contributed by atoms with van der Waals surface area (Å²) in [6.45, 7) is 1.32. The Morgan fingerprint density at radius 1 is 1.26 bits per heavy atom. The lowest BCUT2D eigenvalue weighted by atomic mass is 9.92. The van der Waals surface area contributed by atoms with Gasteiger partial charge in [-0.25, -0.2) is 14.4 Å². The summed E-state index contributed by atoms with van der Waals surface area (Å²) >= 11 is 0. The van der Waals surface area contributed by atoms with Gasteiger partial charge in [-0.1, -0.05) is 0 Å². The third-order valence-electron chi connectivity index (χ3n) is 5.38. The number of hydrogen-bond acceptors (Lipinski definition) is 5. The van der Waals surface area contributed by atoms with Gasteiger partial charge in [0, 0.05) is 31.4 Å². The Hall–Kier alpha value is -3.17. The molecule has 1 saturated heterocycles. The Balaban J connectivity index is 1.36. The van der Waals surface area contributed by atoms with E-state index in [-0.39, 0.29) is 30.4 Å². The summed E-state index contributed by atoms with van der Waals surface area (Å²) in [5.41, 5.74) is -0.409. The number of ketones is 1. The van der Waals surface area contributed by atoms with Gasteiger partial charge in [0.1, 0.15) is 23.6 Å². The van der Waals surface area contributed by atoms with Gasteiger partial charge in [-0.2, -0.15) is 13.2 Å². The first-order valence-corrected chi connectivity index (χ1v) is 9.96. The molecular formula is C21H21F4N5O. The van der Waals surface area contributed by atoms with Gasteiger partial charge in [0.15, 0.2) is 5.78 Å². The van der Waals surface area contributed by atoms with Gasteiger partial charge in [0.25, 0.3) is 0 Å². The van der Waals surface area contributed by atoms with Crippen LogP contribution in [0.2, 0.25) is 0 Å². The highest BCUT2D eigenvalue weighted by Crippen LogP contribution is 2.32. The van der Waals surface area contributed by atoms with Gasteiger partial charge in [-0.15, -0.1) is 0 Å². The fourth-order valence-corrected chi connectivity index (χ4v) is 3.98. The molecule has 1 unspecified atom stereocenters. The molecule has 1 aliphatic rings. The minimum Gasteiger partial charge on any atom is -0.378 e. The summed E-state index contributed by atoms with van der Waals surface area (Å²) in [7, 11) is 0. The van der Waals surface area contributed by atoms with Gasteiger partial charge in [-0.3, -0.25) is 4.79 Å². The summed E-state index contributed by atoms with van der Waals surface area (Å²) in [5, 5.41) is 3.54. The molecule has 164 valence electrons. The molecule has 0 spiro atoms. The smallest absolute Gasteiger partial charge is 0.378 e. The second-order valence-corrected chi connectivity index (χ2v) is 7.71. The molecule has 0 radical (unpaired) electrons. The number of nitrogens with one attached hydrogen (secondary N) is 2. The third-order valence-corrected chi connectivity index (χ3v) is 5.38. The minimum absolute atomic E-state index is 0.0678. The second-order valence-electron chi connectivity index (χ2n) is 7.71. The number of rotatable bonds is 6. The van der Waals surface area contributed by atoms with Crippen LogP contribution in [-0.4, -0.2) is 40.4 Å². The van der Waals surface area contributed by atoms with E-state index in [1.807, 2.05) is 6.07 Å². The minimum atomic E-state index is -4.65. The van der Waals surface area contributed by atoms with Crippen LogP contribution in [0.25, 0.3) is 11.0 Å². The Labute approximate surface area is 175 Å². The van der Waals surface area contributed by atoms with Crippen LogP contribution in [0.15, 0.2) is 36.8 Å². The van der Waals surface area contributed by atoms with E-state index < -0.39 is 17.6 Å². The number of carbonyl (C=O) groups excluding carboxylic acids is 1. The molecule has 3 heterocycles. The van der Waals surface area contributed by atoms with Crippen molar-refractivity contribution in [2.24, 2.45) is 5.92 Å². The number of anilines is 2. The van der Waals surface area contributed by atoms with Gasteiger partial charge in [0.2, 0.25) is 0 Å². The molecule has 0 bridgehead atoms. The molecule has 1 aromatic carbocycles. The summed E-state index contributed by atoms with van der Waals surface area (Å²) in [4.78, 5) is 26.2. The normalized spacial score (nSPS) is 17.2. The average Bonchev–Trinajstić information content (AvgIpc) is 3.20. The van der Waals surface area contributed by atoms with E-state index in [4.69, 9.17) is 0 Å². The van der Waals surface area contributed by atoms with Crippen molar-refractivity contribution in [2.75, 3.05) is 29.9 Å². The largest absolute Gasteiger partial charge is 0.416 e. The average molecular weight is 435 g/mol. The quantitative estimate of drug-likeness (QED) is 0.562. The monoisotopic (exact) mass is 435 g/mol. The number of carbonyl (C=O) groups is 1. The zero-order chi connectivity index (χ0) is 22.0. The molecule has 4 rings (SSSR count). The molecule has 0 saturated carbocycles. The Morgan fingerprint density at radius 2 is 2.10 bits per heavy atom. The maximum Gasteiger partial charge on any atom is 0.416 e. The highest BCUT2D eigenvalue weighted by molar-refractivity contribution is 5.87. The van der Waals surface area contributed by atoms with E-state index in [9.17, 15) is 22.4 Å². The van der Waals surface area contributed by atoms with Gasteiger partial charge >= 0.3 is 6.18 Å². The third kappa shape index (κ3) is 4.95. The van der Waals surface area contributed by atoms with Crippen molar-refractivity contribution in [3.05, 3.63) is 48.2 Å². The summed E-state index contributed by atoms with van der Waals surface area (Å²) < 4.78 is 52.0. The van der Waals surface area contributed by atoms with Crippen molar-refractivity contribution in [2.45, 2.75) is 25.4 Å². The van der Waals surface area contributed by atoms with E-state index in [0.29, 0.717) is 12.6 Å². The Bertz CT molecular complexity index is 1080. The van der Waals surface area contributed by atoms with E-state index in [1.54, 1.807) is 6.20 Å².